The normalized spacial score (nSPS) is 9.09. The number of rotatable bonds is 1. The fraction of sp³-hybridized carbons (Fsp3) is 0.200. The van der Waals surface area contributed by atoms with Gasteiger partial charge in [0, 0.05) is 9.90 Å². The van der Waals surface area contributed by atoms with Crippen molar-refractivity contribution in [3.05, 3.63) is 93.1 Å². The Balaban J connectivity index is 0.000000169. The molecular weight excluding hydrogens is 308 g/mol. The highest BCUT2D eigenvalue weighted by Crippen LogP contribution is 2.09. The van der Waals surface area contributed by atoms with Gasteiger partial charge in [-0.05, 0) is 49.4 Å². The van der Waals surface area contributed by atoms with Gasteiger partial charge < -0.3 is 0 Å². The van der Waals surface area contributed by atoms with Crippen molar-refractivity contribution in [2.75, 3.05) is 0 Å². The van der Waals surface area contributed by atoms with Crippen LogP contribution in [-0.4, -0.2) is 0 Å². The highest BCUT2D eigenvalue weighted by molar-refractivity contribution is 7.09. The van der Waals surface area contributed by atoms with E-state index in [1.54, 1.807) is 11.3 Å². The lowest BCUT2D eigenvalue weighted by molar-refractivity contribution is 1.14. The Labute approximate surface area is 143 Å². The molecule has 0 N–H and O–H groups in total. The third-order valence-electron chi connectivity index (χ3n) is 2.93. The molecule has 0 unspecified atom stereocenters. The topological polar surface area (TPSA) is 0 Å². The van der Waals surface area contributed by atoms with Gasteiger partial charge in [-0.1, -0.05) is 72.6 Å². The van der Waals surface area contributed by atoms with E-state index < -0.39 is 0 Å². The summed E-state index contributed by atoms with van der Waals surface area (Å²) in [5.74, 6) is 0. The number of hydrogen-bond donors (Lipinski definition) is 0. The summed E-state index contributed by atoms with van der Waals surface area (Å²) in [4.78, 5) is 1.38. The molecule has 0 aliphatic heterocycles. The van der Waals surface area contributed by atoms with Crippen molar-refractivity contribution < 1.29 is 0 Å². The van der Waals surface area contributed by atoms with E-state index in [2.05, 4.69) is 50.4 Å². The summed E-state index contributed by atoms with van der Waals surface area (Å²) in [6.45, 7) is 6.31. The molecule has 0 atom stereocenters. The fourth-order valence-electron chi connectivity index (χ4n) is 1.62. The summed E-state index contributed by atoms with van der Waals surface area (Å²) in [5.41, 5.74) is 2.65. The highest BCUT2D eigenvalue weighted by Gasteiger charge is 1.86. The van der Waals surface area contributed by atoms with Crippen molar-refractivity contribution in [1.82, 2.24) is 0 Å². The maximum atomic E-state index is 5.67. The first kappa shape index (κ1) is 18.5. The second kappa shape index (κ2) is 11.1. The second-order valence-electron chi connectivity index (χ2n) is 4.86. The van der Waals surface area contributed by atoms with Crippen LogP contribution in [0.3, 0.4) is 0 Å². The van der Waals surface area contributed by atoms with Gasteiger partial charge in [-0.25, -0.2) is 0 Å². The summed E-state index contributed by atoms with van der Waals surface area (Å²) < 4.78 is 0. The third-order valence-corrected chi connectivity index (χ3v) is 3.98. The van der Waals surface area contributed by atoms with E-state index >= 15 is 0 Å². The zero-order valence-corrected chi connectivity index (χ0v) is 15.0. The summed E-state index contributed by atoms with van der Waals surface area (Å²) in [6, 6.07) is 22.3. The van der Waals surface area contributed by atoms with Crippen molar-refractivity contribution in [3.8, 4) is 0 Å². The molecule has 0 nitrogen and oxygen atoms in total. The van der Waals surface area contributed by atoms with Gasteiger partial charge in [0.1, 0.15) is 0 Å². The molecule has 0 aliphatic rings. The van der Waals surface area contributed by atoms with Crippen LogP contribution in [0.15, 0.2) is 72.1 Å². The van der Waals surface area contributed by atoms with E-state index in [9.17, 15) is 0 Å². The number of halogens is 1. The largest absolute Gasteiger partial charge is 0.149 e. The second-order valence-corrected chi connectivity index (χ2v) is 6.45. The molecule has 0 saturated heterocycles. The minimum atomic E-state index is 0.812. The molecule has 0 radical (unpaired) electrons. The van der Waals surface area contributed by atoms with Crippen molar-refractivity contribution in [2.24, 2.45) is 0 Å². The standard InChI is InChI=1S/C8H9Cl.C7H8.C5H6S/c1-2-7-3-5-8(9)6-4-7;1-7-5-3-2-4-6-7;1-5-3-2-4-6-5/h3-6H,2H2,1H3;2-6H,1H3;2-4H,1H3. The Bertz CT molecular complexity index is 598. The van der Waals surface area contributed by atoms with Crippen LogP contribution in [0, 0.1) is 13.8 Å². The molecule has 2 heteroatoms. The van der Waals surface area contributed by atoms with Gasteiger partial charge in [0.15, 0.2) is 0 Å². The van der Waals surface area contributed by atoms with Crippen LogP contribution < -0.4 is 0 Å². The first-order valence-electron chi connectivity index (χ1n) is 7.38. The van der Waals surface area contributed by atoms with Crippen molar-refractivity contribution in [1.29, 1.82) is 0 Å². The number of hydrogen-bond acceptors (Lipinski definition) is 1. The molecule has 22 heavy (non-hydrogen) atoms. The molecule has 0 amide bonds. The molecular formula is C20H23ClS. The van der Waals surface area contributed by atoms with E-state index in [0.29, 0.717) is 0 Å². The smallest absolute Gasteiger partial charge is 0.0406 e. The summed E-state index contributed by atoms with van der Waals surface area (Å²) >= 11 is 7.45. The van der Waals surface area contributed by atoms with Gasteiger partial charge in [-0.3, -0.25) is 0 Å². The van der Waals surface area contributed by atoms with Gasteiger partial charge in [0.25, 0.3) is 0 Å². The average molecular weight is 331 g/mol. The number of aryl methyl sites for hydroxylation is 3. The Morgan fingerprint density at radius 3 is 1.77 bits per heavy atom. The Hall–Kier alpha value is -1.57. The molecule has 0 fully saturated rings. The molecule has 3 rings (SSSR count). The molecule has 0 saturated carbocycles. The van der Waals surface area contributed by atoms with E-state index in [4.69, 9.17) is 11.6 Å². The van der Waals surface area contributed by atoms with Crippen LogP contribution in [0.4, 0.5) is 0 Å². The minimum Gasteiger partial charge on any atom is -0.149 e. The van der Waals surface area contributed by atoms with Gasteiger partial charge in [-0.15, -0.1) is 11.3 Å². The quantitative estimate of drug-likeness (QED) is 0.452. The van der Waals surface area contributed by atoms with Crippen LogP contribution >= 0.6 is 22.9 Å². The SMILES string of the molecule is CCc1ccc(Cl)cc1.Cc1ccccc1.Cc1cccs1. The van der Waals surface area contributed by atoms with Crippen LogP contribution in [0.1, 0.15) is 22.9 Å². The molecule has 116 valence electrons. The third kappa shape index (κ3) is 8.66. The Kier molecular flexibility index (Phi) is 9.29. The van der Waals surface area contributed by atoms with Gasteiger partial charge >= 0.3 is 0 Å². The summed E-state index contributed by atoms with van der Waals surface area (Å²) in [7, 11) is 0. The van der Waals surface area contributed by atoms with Crippen LogP contribution in [0.25, 0.3) is 0 Å². The van der Waals surface area contributed by atoms with E-state index in [1.165, 1.54) is 16.0 Å². The number of benzene rings is 2. The Morgan fingerprint density at radius 1 is 0.818 bits per heavy atom. The monoisotopic (exact) mass is 330 g/mol. The fourth-order valence-corrected chi connectivity index (χ4v) is 2.27. The first-order chi connectivity index (χ1) is 10.6. The van der Waals surface area contributed by atoms with Crippen molar-refractivity contribution in [3.63, 3.8) is 0 Å². The van der Waals surface area contributed by atoms with Crippen LogP contribution in [0.2, 0.25) is 5.02 Å². The van der Waals surface area contributed by atoms with Gasteiger partial charge in [0.2, 0.25) is 0 Å². The molecule has 1 heterocycles. The van der Waals surface area contributed by atoms with E-state index in [-0.39, 0.29) is 0 Å². The highest BCUT2D eigenvalue weighted by atomic mass is 35.5. The summed E-state index contributed by atoms with van der Waals surface area (Å²) in [6.07, 6.45) is 1.08. The Morgan fingerprint density at radius 2 is 1.45 bits per heavy atom. The first-order valence-corrected chi connectivity index (χ1v) is 8.63. The predicted molar refractivity (Wildman–Crippen MR) is 101 cm³/mol. The average Bonchev–Trinajstić information content (AvgIpc) is 3.01. The summed E-state index contributed by atoms with van der Waals surface area (Å²) in [5, 5.41) is 2.89. The van der Waals surface area contributed by atoms with Gasteiger partial charge in [0.05, 0.1) is 0 Å². The van der Waals surface area contributed by atoms with Crippen molar-refractivity contribution >= 4 is 22.9 Å². The molecule has 0 bridgehead atoms. The van der Waals surface area contributed by atoms with E-state index in [1.807, 2.05) is 42.5 Å². The van der Waals surface area contributed by atoms with Crippen LogP contribution in [-0.2, 0) is 6.42 Å². The zero-order chi connectivity index (χ0) is 16.2. The van der Waals surface area contributed by atoms with Crippen LogP contribution in [0.5, 0.6) is 0 Å². The lowest BCUT2D eigenvalue weighted by Crippen LogP contribution is -1.75. The number of thiophene rings is 1. The lowest BCUT2D eigenvalue weighted by atomic mass is 10.2. The lowest BCUT2D eigenvalue weighted by Gasteiger charge is -1.93. The molecule has 0 spiro atoms. The van der Waals surface area contributed by atoms with E-state index in [0.717, 1.165) is 11.4 Å². The van der Waals surface area contributed by atoms with Crippen molar-refractivity contribution in [2.45, 2.75) is 27.2 Å². The maximum Gasteiger partial charge on any atom is 0.0406 e. The molecule has 0 aliphatic carbocycles. The molecule has 1 aromatic heterocycles. The molecule has 3 aromatic rings. The maximum absolute atomic E-state index is 5.67. The van der Waals surface area contributed by atoms with Gasteiger partial charge in [-0.2, -0.15) is 0 Å². The predicted octanol–water partition coefficient (Wildman–Crippen LogP) is 6.95. The minimum absolute atomic E-state index is 0.812. The zero-order valence-electron chi connectivity index (χ0n) is 13.4. The molecule has 2 aromatic carbocycles.